The highest BCUT2D eigenvalue weighted by Gasteiger charge is 2.12. The van der Waals surface area contributed by atoms with E-state index in [-0.39, 0.29) is 0 Å². The van der Waals surface area contributed by atoms with Crippen LogP contribution in [0.15, 0.2) is 66.7 Å². The van der Waals surface area contributed by atoms with E-state index in [4.69, 9.17) is 5.26 Å². The fourth-order valence-electron chi connectivity index (χ4n) is 3.32. The number of fused-ring (bicyclic) bond motifs is 1. The normalized spacial score (nSPS) is 12.0. The molecule has 120 valence electrons. The van der Waals surface area contributed by atoms with Gasteiger partial charge in [-0.25, -0.2) is 0 Å². The molecule has 0 N–H and O–H groups in total. The SMILES string of the molecule is CCCCC(Cc1ccc2ccccc2c1)c1ccc(C#N)cc1. The standard InChI is InChI=1S/C23H23N/c1-2-3-6-22(21-12-9-18(17-24)10-13-21)15-19-11-14-20-7-4-5-8-23(20)16-19/h4-5,7-14,16,22H,2-3,6,15H2,1H3. The highest BCUT2D eigenvalue weighted by molar-refractivity contribution is 5.83. The summed E-state index contributed by atoms with van der Waals surface area (Å²) >= 11 is 0. The van der Waals surface area contributed by atoms with Gasteiger partial charge in [-0.3, -0.25) is 0 Å². The van der Waals surface area contributed by atoms with Crippen molar-refractivity contribution in [3.8, 4) is 6.07 Å². The average molecular weight is 313 g/mol. The van der Waals surface area contributed by atoms with Crippen LogP contribution < -0.4 is 0 Å². The van der Waals surface area contributed by atoms with Gasteiger partial charge >= 0.3 is 0 Å². The second kappa shape index (κ2) is 7.79. The minimum atomic E-state index is 0.513. The predicted molar refractivity (Wildman–Crippen MR) is 101 cm³/mol. The lowest BCUT2D eigenvalue weighted by molar-refractivity contribution is 0.581. The Morgan fingerprint density at radius 2 is 1.67 bits per heavy atom. The van der Waals surface area contributed by atoms with Crippen molar-refractivity contribution in [3.05, 3.63) is 83.4 Å². The third kappa shape index (κ3) is 3.84. The van der Waals surface area contributed by atoms with Gasteiger partial charge < -0.3 is 0 Å². The van der Waals surface area contributed by atoms with Crippen molar-refractivity contribution in [1.82, 2.24) is 0 Å². The number of hydrogen-bond acceptors (Lipinski definition) is 1. The van der Waals surface area contributed by atoms with Crippen molar-refractivity contribution in [2.75, 3.05) is 0 Å². The molecule has 1 unspecified atom stereocenters. The lowest BCUT2D eigenvalue weighted by atomic mass is 9.87. The van der Waals surface area contributed by atoms with Crippen LogP contribution in [-0.2, 0) is 6.42 Å². The molecule has 0 aliphatic carbocycles. The molecule has 0 aliphatic rings. The maximum atomic E-state index is 8.99. The second-order valence-corrected chi connectivity index (χ2v) is 6.46. The number of benzene rings is 3. The smallest absolute Gasteiger partial charge is 0.0991 e. The minimum Gasteiger partial charge on any atom is -0.192 e. The zero-order chi connectivity index (χ0) is 16.8. The van der Waals surface area contributed by atoms with Crippen LogP contribution in [0, 0.1) is 11.3 Å². The molecule has 0 bridgehead atoms. The van der Waals surface area contributed by atoms with Crippen molar-refractivity contribution < 1.29 is 0 Å². The van der Waals surface area contributed by atoms with Crippen LogP contribution >= 0.6 is 0 Å². The van der Waals surface area contributed by atoms with E-state index in [9.17, 15) is 0 Å². The fourth-order valence-corrected chi connectivity index (χ4v) is 3.32. The maximum Gasteiger partial charge on any atom is 0.0991 e. The Morgan fingerprint density at radius 3 is 2.38 bits per heavy atom. The molecular weight excluding hydrogens is 290 g/mol. The van der Waals surface area contributed by atoms with E-state index in [2.05, 4.69) is 67.6 Å². The minimum absolute atomic E-state index is 0.513. The summed E-state index contributed by atoms with van der Waals surface area (Å²) in [6.45, 7) is 2.24. The van der Waals surface area contributed by atoms with E-state index >= 15 is 0 Å². The van der Waals surface area contributed by atoms with Gasteiger partial charge in [0, 0.05) is 0 Å². The first-order valence-electron chi connectivity index (χ1n) is 8.78. The largest absolute Gasteiger partial charge is 0.192 e. The lowest BCUT2D eigenvalue weighted by Crippen LogP contribution is -2.03. The summed E-state index contributed by atoms with van der Waals surface area (Å²) in [6, 6.07) is 25.7. The Morgan fingerprint density at radius 1 is 0.917 bits per heavy atom. The summed E-state index contributed by atoms with van der Waals surface area (Å²) in [7, 11) is 0. The summed E-state index contributed by atoms with van der Waals surface area (Å²) in [4.78, 5) is 0. The van der Waals surface area contributed by atoms with Crippen LogP contribution in [0.4, 0.5) is 0 Å². The molecule has 1 atom stereocenters. The molecule has 1 heteroatoms. The Kier molecular flexibility index (Phi) is 5.29. The van der Waals surface area contributed by atoms with E-state index in [1.54, 1.807) is 0 Å². The highest BCUT2D eigenvalue weighted by Crippen LogP contribution is 2.28. The third-order valence-electron chi connectivity index (χ3n) is 4.71. The van der Waals surface area contributed by atoms with E-state index < -0.39 is 0 Å². The van der Waals surface area contributed by atoms with Crippen LogP contribution in [0.2, 0.25) is 0 Å². The van der Waals surface area contributed by atoms with Crippen LogP contribution in [-0.4, -0.2) is 0 Å². The van der Waals surface area contributed by atoms with Gasteiger partial charge in [0.25, 0.3) is 0 Å². The highest BCUT2D eigenvalue weighted by atomic mass is 14.2. The van der Waals surface area contributed by atoms with E-state index in [1.807, 2.05) is 12.1 Å². The maximum absolute atomic E-state index is 8.99. The summed E-state index contributed by atoms with van der Waals surface area (Å²) in [5, 5.41) is 11.6. The van der Waals surface area contributed by atoms with Gasteiger partial charge in [-0.2, -0.15) is 5.26 Å². The van der Waals surface area contributed by atoms with Crippen LogP contribution in [0.3, 0.4) is 0 Å². The molecule has 0 saturated carbocycles. The third-order valence-corrected chi connectivity index (χ3v) is 4.71. The molecule has 0 aliphatic heterocycles. The second-order valence-electron chi connectivity index (χ2n) is 6.46. The van der Waals surface area contributed by atoms with Crippen molar-refractivity contribution in [2.24, 2.45) is 0 Å². The van der Waals surface area contributed by atoms with Crippen molar-refractivity contribution in [2.45, 2.75) is 38.5 Å². The van der Waals surface area contributed by atoms with Gasteiger partial charge in [-0.15, -0.1) is 0 Å². The molecule has 0 heterocycles. The van der Waals surface area contributed by atoms with E-state index in [0.29, 0.717) is 5.92 Å². The van der Waals surface area contributed by atoms with Crippen LogP contribution in [0.5, 0.6) is 0 Å². The van der Waals surface area contributed by atoms with Crippen molar-refractivity contribution >= 4 is 10.8 Å². The predicted octanol–water partition coefficient (Wildman–Crippen LogP) is 6.23. The van der Waals surface area contributed by atoms with Crippen molar-refractivity contribution in [3.63, 3.8) is 0 Å². The average Bonchev–Trinajstić information content (AvgIpc) is 2.65. The Balaban J connectivity index is 1.85. The van der Waals surface area contributed by atoms with Gasteiger partial charge in [-0.1, -0.05) is 74.4 Å². The Bertz CT molecular complexity index is 840. The lowest BCUT2D eigenvalue weighted by Gasteiger charge is -2.18. The molecule has 3 aromatic rings. The fraction of sp³-hybridized carbons (Fsp3) is 0.261. The molecule has 0 amide bonds. The molecule has 0 fully saturated rings. The zero-order valence-electron chi connectivity index (χ0n) is 14.2. The van der Waals surface area contributed by atoms with Gasteiger partial charge in [0.05, 0.1) is 11.6 Å². The number of rotatable bonds is 6. The quantitative estimate of drug-likeness (QED) is 0.529. The first kappa shape index (κ1) is 16.3. The molecule has 0 saturated heterocycles. The summed E-state index contributed by atoms with van der Waals surface area (Å²) in [6.07, 6.45) is 4.69. The van der Waals surface area contributed by atoms with E-state index in [1.165, 1.54) is 41.2 Å². The Labute approximate surface area is 144 Å². The monoisotopic (exact) mass is 313 g/mol. The van der Waals surface area contributed by atoms with Crippen molar-refractivity contribution in [1.29, 1.82) is 5.26 Å². The molecule has 24 heavy (non-hydrogen) atoms. The number of nitrogens with zero attached hydrogens (tertiary/aromatic N) is 1. The molecule has 1 nitrogen and oxygen atoms in total. The zero-order valence-corrected chi connectivity index (χ0v) is 14.2. The van der Waals surface area contributed by atoms with Gasteiger partial charge in [0.15, 0.2) is 0 Å². The van der Waals surface area contributed by atoms with Crippen LogP contribution in [0.1, 0.15) is 48.8 Å². The first-order valence-corrected chi connectivity index (χ1v) is 8.78. The molecule has 0 aromatic heterocycles. The molecule has 0 radical (unpaired) electrons. The molecule has 0 spiro atoms. The summed E-state index contributed by atoms with van der Waals surface area (Å²) < 4.78 is 0. The Hall–Kier alpha value is -2.59. The first-order chi connectivity index (χ1) is 11.8. The van der Waals surface area contributed by atoms with Gasteiger partial charge in [0.1, 0.15) is 0 Å². The van der Waals surface area contributed by atoms with E-state index in [0.717, 1.165) is 12.0 Å². The molecular formula is C23H23N. The summed E-state index contributed by atoms with van der Waals surface area (Å²) in [5.41, 5.74) is 3.47. The number of hydrogen-bond donors (Lipinski definition) is 0. The number of nitriles is 1. The molecule has 3 aromatic carbocycles. The van der Waals surface area contributed by atoms with Gasteiger partial charge in [0.2, 0.25) is 0 Å². The number of unbranched alkanes of at least 4 members (excludes halogenated alkanes) is 1. The summed E-state index contributed by atoms with van der Waals surface area (Å²) in [5.74, 6) is 0.513. The molecule has 3 rings (SSSR count). The van der Waals surface area contributed by atoms with Gasteiger partial charge in [-0.05, 0) is 52.8 Å². The topological polar surface area (TPSA) is 23.8 Å². The van der Waals surface area contributed by atoms with Crippen LogP contribution in [0.25, 0.3) is 10.8 Å².